The number of amides is 1. The van der Waals surface area contributed by atoms with E-state index in [4.69, 9.17) is 4.74 Å². The number of para-hydroxylation sites is 1. The van der Waals surface area contributed by atoms with Crippen molar-refractivity contribution in [2.45, 2.75) is 54.9 Å². The lowest BCUT2D eigenvalue weighted by Gasteiger charge is -2.30. The molecule has 0 radical (unpaired) electrons. The molecule has 0 aliphatic heterocycles. The van der Waals surface area contributed by atoms with Crippen molar-refractivity contribution in [2.75, 3.05) is 18.2 Å². The third kappa shape index (κ3) is 5.71. The Morgan fingerprint density at radius 3 is 2.46 bits per heavy atom. The standard InChI is InChI=1S/C23H29NO2S2/c1-16-8-6-9-17(2)23(16)24-22(25)15-27-20-12-4-5-13-21(20)28-19-11-7-10-18(14-19)26-3/h6-11,14,20-21H,4-5,12-13,15H2,1-3H3,(H,24,25). The van der Waals surface area contributed by atoms with Crippen molar-refractivity contribution in [2.24, 2.45) is 0 Å². The van der Waals surface area contributed by atoms with Crippen molar-refractivity contribution in [1.29, 1.82) is 0 Å². The van der Waals surface area contributed by atoms with E-state index >= 15 is 0 Å². The molecule has 0 heterocycles. The average Bonchev–Trinajstić information content (AvgIpc) is 2.70. The van der Waals surface area contributed by atoms with E-state index in [0.717, 1.165) is 22.6 Å². The summed E-state index contributed by atoms with van der Waals surface area (Å²) >= 11 is 3.74. The molecule has 3 nitrogen and oxygen atoms in total. The summed E-state index contributed by atoms with van der Waals surface area (Å²) in [5.41, 5.74) is 3.18. The molecule has 1 aliphatic rings. The molecule has 0 saturated heterocycles. The molecule has 1 N–H and O–H groups in total. The van der Waals surface area contributed by atoms with Gasteiger partial charge in [-0.2, -0.15) is 0 Å². The van der Waals surface area contributed by atoms with E-state index in [1.54, 1.807) is 7.11 Å². The van der Waals surface area contributed by atoms with Crippen LogP contribution in [-0.2, 0) is 4.79 Å². The van der Waals surface area contributed by atoms with E-state index in [1.165, 1.54) is 30.6 Å². The van der Waals surface area contributed by atoms with Crippen molar-refractivity contribution in [1.82, 2.24) is 0 Å². The second kappa shape index (κ2) is 10.3. The molecular formula is C23H29NO2S2. The molecule has 3 rings (SSSR count). The normalized spacial score (nSPS) is 19.2. The van der Waals surface area contributed by atoms with Crippen molar-refractivity contribution >= 4 is 35.1 Å². The Labute approximate surface area is 177 Å². The van der Waals surface area contributed by atoms with Crippen molar-refractivity contribution < 1.29 is 9.53 Å². The van der Waals surface area contributed by atoms with Gasteiger partial charge < -0.3 is 10.1 Å². The summed E-state index contributed by atoms with van der Waals surface area (Å²) in [5.74, 6) is 1.50. The molecule has 1 aliphatic carbocycles. The topological polar surface area (TPSA) is 38.3 Å². The Kier molecular flexibility index (Phi) is 7.74. The summed E-state index contributed by atoms with van der Waals surface area (Å²) in [7, 11) is 1.71. The second-order valence-electron chi connectivity index (χ2n) is 7.28. The Morgan fingerprint density at radius 2 is 1.75 bits per heavy atom. The molecule has 2 unspecified atom stereocenters. The highest BCUT2D eigenvalue weighted by Crippen LogP contribution is 2.40. The van der Waals surface area contributed by atoms with E-state index in [9.17, 15) is 4.79 Å². The third-order valence-electron chi connectivity index (χ3n) is 5.14. The number of anilines is 1. The first-order valence-corrected chi connectivity index (χ1v) is 11.8. The highest BCUT2D eigenvalue weighted by Gasteiger charge is 2.27. The van der Waals surface area contributed by atoms with Gasteiger partial charge in [-0.15, -0.1) is 23.5 Å². The van der Waals surface area contributed by atoms with E-state index in [-0.39, 0.29) is 5.91 Å². The highest BCUT2D eigenvalue weighted by atomic mass is 32.2. The number of aryl methyl sites for hydroxylation is 2. The number of carbonyl (C=O) groups is 1. The van der Waals surface area contributed by atoms with Crippen LogP contribution in [-0.4, -0.2) is 29.3 Å². The van der Waals surface area contributed by atoms with Crippen LogP contribution < -0.4 is 10.1 Å². The molecule has 1 saturated carbocycles. The number of ether oxygens (including phenoxy) is 1. The summed E-state index contributed by atoms with van der Waals surface area (Å²) in [4.78, 5) is 13.8. The van der Waals surface area contributed by atoms with Crippen molar-refractivity contribution in [3.63, 3.8) is 0 Å². The maximum atomic E-state index is 12.6. The van der Waals surface area contributed by atoms with Crippen molar-refractivity contribution in [3.8, 4) is 5.75 Å². The number of benzene rings is 2. The first-order valence-electron chi connectivity index (χ1n) is 9.85. The number of carbonyl (C=O) groups excluding carboxylic acids is 1. The number of hydrogen-bond donors (Lipinski definition) is 1. The van der Waals surface area contributed by atoms with Gasteiger partial charge in [0.05, 0.1) is 12.9 Å². The van der Waals surface area contributed by atoms with Crippen molar-refractivity contribution in [3.05, 3.63) is 53.6 Å². The first kappa shape index (κ1) is 21.1. The minimum atomic E-state index is 0.0955. The summed E-state index contributed by atoms with van der Waals surface area (Å²) in [6.45, 7) is 4.08. The number of methoxy groups -OCH3 is 1. The minimum Gasteiger partial charge on any atom is -0.497 e. The van der Waals surface area contributed by atoms with Crippen LogP contribution in [0.1, 0.15) is 36.8 Å². The van der Waals surface area contributed by atoms with Crippen LogP contribution in [0.2, 0.25) is 0 Å². The molecular weight excluding hydrogens is 386 g/mol. The molecule has 2 aromatic rings. The predicted octanol–water partition coefficient (Wildman–Crippen LogP) is 6.09. The zero-order chi connectivity index (χ0) is 19.9. The molecule has 0 spiro atoms. The number of rotatable bonds is 7. The number of nitrogens with one attached hydrogen (secondary N) is 1. The lowest BCUT2D eigenvalue weighted by Crippen LogP contribution is -2.27. The van der Waals surface area contributed by atoms with Crippen LogP contribution in [0, 0.1) is 13.8 Å². The molecule has 1 fully saturated rings. The van der Waals surface area contributed by atoms with Crippen LogP contribution in [0.25, 0.3) is 0 Å². The molecule has 0 aromatic heterocycles. The zero-order valence-electron chi connectivity index (χ0n) is 16.9. The van der Waals surface area contributed by atoms with Gasteiger partial charge in [-0.05, 0) is 56.0 Å². The molecule has 5 heteroatoms. The van der Waals surface area contributed by atoms with Crippen LogP contribution in [0.3, 0.4) is 0 Å². The van der Waals surface area contributed by atoms with Gasteiger partial charge in [0.15, 0.2) is 0 Å². The molecule has 1 amide bonds. The average molecular weight is 416 g/mol. The zero-order valence-corrected chi connectivity index (χ0v) is 18.5. The van der Waals surface area contributed by atoms with Gasteiger partial charge in [0.2, 0.25) is 5.91 Å². The van der Waals surface area contributed by atoms with E-state index in [2.05, 4.69) is 17.4 Å². The molecule has 2 atom stereocenters. The molecule has 2 aromatic carbocycles. The maximum absolute atomic E-state index is 12.6. The lowest BCUT2D eigenvalue weighted by atomic mass is 10.00. The Hall–Kier alpha value is -1.59. The minimum absolute atomic E-state index is 0.0955. The van der Waals surface area contributed by atoms with Crippen LogP contribution in [0.4, 0.5) is 5.69 Å². The largest absolute Gasteiger partial charge is 0.497 e. The fourth-order valence-corrected chi connectivity index (χ4v) is 6.39. The van der Waals surface area contributed by atoms with Gasteiger partial charge >= 0.3 is 0 Å². The monoisotopic (exact) mass is 415 g/mol. The van der Waals surface area contributed by atoms with Gasteiger partial charge in [-0.1, -0.05) is 37.1 Å². The highest BCUT2D eigenvalue weighted by molar-refractivity contribution is 8.04. The van der Waals surface area contributed by atoms with Gasteiger partial charge in [-0.3, -0.25) is 4.79 Å². The van der Waals surface area contributed by atoms with E-state index in [0.29, 0.717) is 16.3 Å². The molecule has 28 heavy (non-hydrogen) atoms. The molecule has 150 valence electrons. The third-order valence-corrected chi connectivity index (χ3v) is 8.13. The Morgan fingerprint density at radius 1 is 1.07 bits per heavy atom. The summed E-state index contributed by atoms with van der Waals surface area (Å²) in [6.07, 6.45) is 4.92. The van der Waals surface area contributed by atoms with Gasteiger partial charge in [0, 0.05) is 21.1 Å². The first-order chi connectivity index (χ1) is 13.6. The number of hydrogen-bond acceptors (Lipinski definition) is 4. The maximum Gasteiger partial charge on any atom is 0.234 e. The Balaban J connectivity index is 1.57. The SMILES string of the molecule is COc1cccc(SC2CCCCC2SCC(=O)Nc2c(C)cccc2C)c1. The fraction of sp³-hybridized carbons (Fsp3) is 0.435. The van der Waals surface area contributed by atoms with E-state index < -0.39 is 0 Å². The fourth-order valence-electron chi connectivity index (χ4n) is 3.61. The molecule has 0 bridgehead atoms. The number of thioether (sulfide) groups is 2. The lowest BCUT2D eigenvalue weighted by molar-refractivity contribution is -0.113. The summed E-state index contributed by atoms with van der Waals surface area (Å²) < 4.78 is 5.35. The smallest absolute Gasteiger partial charge is 0.234 e. The van der Waals surface area contributed by atoms with Gasteiger partial charge in [0.1, 0.15) is 5.75 Å². The quantitative estimate of drug-likeness (QED) is 0.594. The predicted molar refractivity (Wildman–Crippen MR) is 122 cm³/mol. The summed E-state index contributed by atoms with van der Waals surface area (Å²) in [6, 6.07) is 14.4. The Bertz CT molecular complexity index is 789. The van der Waals surface area contributed by atoms with Crippen LogP contribution in [0.15, 0.2) is 47.4 Å². The van der Waals surface area contributed by atoms with E-state index in [1.807, 2.05) is 67.7 Å². The second-order valence-corrected chi connectivity index (χ2v) is 9.82. The van der Waals surface area contributed by atoms with Crippen LogP contribution in [0.5, 0.6) is 5.75 Å². The van der Waals surface area contributed by atoms with Gasteiger partial charge in [0.25, 0.3) is 0 Å². The van der Waals surface area contributed by atoms with Gasteiger partial charge in [-0.25, -0.2) is 0 Å². The van der Waals surface area contributed by atoms with Crippen LogP contribution >= 0.6 is 23.5 Å². The summed E-state index contributed by atoms with van der Waals surface area (Å²) in [5, 5.41) is 4.16.